The van der Waals surface area contributed by atoms with Gasteiger partial charge in [0.05, 0.1) is 7.11 Å². The molecule has 1 atom stereocenters. The summed E-state index contributed by atoms with van der Waals surface area (Å²) in [6, 6.07) is 7.13. The van der Waals surface area contributed by atoms with Crippen LogP contribution in [0.25, 0.3) is 0 Å². The van der Waals surface area contributed by atoms with Crippen LogP contribution in [-0.4, -0.2) is 18.8 Å². The standard InChI is InChI=1S/C15H18F3NO/c1-20-12-6-4-11(5-7-12)13(10-2-3-10)19-14(8-9-14)15(16,17)18/h4-7,10,13,19H,2-3,8-9H2,1H3. The van der Waals surface area contributed by atoms with Crippen LogP contribution in [0.3, 0.4) is 0 Å². The van der Waals surface area contributed by atoms with Crippen molar-refractivity contribution in [2.45, 2.75) is 43.4 Å². The second-order valence-corrected chi connectivity index (χ2v) is 5.81. The summed E-state index contributed by atoms with van der Waals surface area (Å²) < 4.78 is 44.4. The van der Waals surface area contributed by atoms with E-state index in [0.717, 1.165) is 24.2 Å². The molecule has 0 heterocycles. The molecule has 2 fully saturated rings. The van der Waals surface area contributed by atoms with Gasteiger partial charge in [0, 0.05) is 6.04 Å². The Kier molecular flexibility index (Phi) is 3.20. The second kappa shape index (κ2) is 4.65. The monoisotopic (exact) mass is 285 g/mol. The smallest absolute Gasteiger partial charge is 0.406 e. The topological polar surface area (TPSA) is 21.3 Å². The first kappa shape index (κ1) is 13.7. The van der Waals surface area contributed by atoms with Gasteiger partial charge in [0.25, 0.3) is 0 Å². The predicted octanol–water partition coefficient (Wildman–Crippen LogP) is 3.83. The van der Waals surface area contributed by atoms with Gasteiger partial charge in [0.2, 0.25) is 0 Å². The number of methoxy groups -OCH3 is 1. The van der Waals surface area contributed by atoms with Gasteiger partial charge in [-0.15, -0.1) is 0 Å². The lowest BCUT2D eigenvalue weighted by Gasteiger charge is -2.28. The molecular weight excluding hydrogens is 267 g/mol. The van der Waals surface area contributed by atoms with E-state index in [4.69, 9.17) is 4.74 Å². The van der Waals surface area contributed by atoms with Gasteiger partial charge >= 0.3 is 6.18 Å². The zero-order valence-electron chi connectivity index (χ0n) is 11.3. The van der Waals surface area contributed by atoms with Crippen LogP contribution in [0.4, 0.5) is 13.2 Å². The van der Waals surface area contributed by atoms with E-state index < -0.39 is 11.7 Å². The molecule has 2 aliphatic rings. The predicted molar refractivity (Wildman–Crippen MR) is 69.6 cm³/mol. The van der Waals surface area contributed by atoms with Crippen molar-refractivity contribution < 1.29 is 17.9 Å². The van der Waals surface area contributed by atoms with Gasteiger partial charge in [-0.1, -0.05) is 12.1 Å². The van der Waals surface area contributed by atoms with E-state index >= 15 is 0 Å². The zero-order chi connectivity index (χ0) is 14.4. The average molecular weight is 285 g/mol. The Morgan fingerprint density at radius 1 is 1.20 bits per heavy atom. The number of hydrogen-bond donors (Lipinski definition) is 1. The fourth-order valence-corrected chi connectivity index (χ4v) is 2.65. The van der Waals surface area contributed by atoms with Crippen LogP contribution in [0, 0.1) is 5.92 Å². The number of ether oxygens (including phenoxy) is 1. The lowest BCUT2D eigenvalue weighted by atomic mass is 10.0. The molecule has 0 aliphatic heterocycles. The Hall–Kier alpha value is -1.23. The maximum absolute atomic E-state index is 13.1. The number of rotatable bonds is 5. The van der Waals surface area contributed by atoms with E-state index in [0.29, 0.717) is 5.92 Å². The zero-order valence-corrected chi connectivity index (χ0v) is 11.3. The maximum Gasteiger partial charge on any atom is 0.406 e. The molecular formula is C15H18F3NO. The SMILES string of the molecule is COc1ccc(C(NC2(C(F)(F)F)CC2)C2CC2)cc1. The maximum atomic E-state index is 13.1. The van der Waals surface area contributed by atoms with Crippen molar-refractivity contribution in [3.8, 4) is 5.75 Å². The number of hydrogen-bond acceptors (Lipinski definition) is 2. The molecule has 2 saturated carbocycles. The first-order chi connectivity index (χ1) is 9.45. The van der Waals surface area contributed by atoms with Crippen LogP contribution < -0.4 is 10.1 Å². The highest BCUT2D eigenvalue weighted by molar-refractivity contribution is 5.31. The highest BCUT2D eigenvalue weighted by Gasteiger charge is 2.64. The highest BCUT2D eigenvalue weighted by Crippen LogP contribution is 2.53. The van der Waals surface area contributed by atoms with Crippen LogP contribution in [0.2, 0.25) is 0 Å². The molecule has 20 heavy (non-hydrogen) atoms. The molecule has 2 nitrogen and oxygen atoms in total. The van der Waals surface area contributed by atoms with E-state index in [1.54, 1.807) is 19.2 Å². The molecule has 2 aliphatic carbocycles. The molecule has 0 spiro atoms. The van der Waals surface area contributed by atoms with E-state index in [2.05, 4.69) is 5.32 Å². The van der Waals surface area contributed by atoms with Gasteiger partial charge in [-0.05, 0) is 49.3 Å². The third-order valence-electron chi connectivity index (χ3n) is 4.29. The van der Waals surface area contributed by atoms with Gasteiger partial charge in [-0.3, -0.25) is 5.32 Å². The molecule has 0 bridgehead atoms. The minimum Gasteiger partial charge on any atom is -0.497 e. The summed E-state index contributed by atoms with van der Waals surface area (Å²) in [6.07, 6.45) is -1.78. The average Bonchev–Trinajstić information content (AvgIpc) is 3.27. The Labute approximate surface area is 116 Å². The first-order valence-corrected chi connectivity index (χ1v) is 6.93. The van der Waals surface area contributed by atoms with Crippen molar-refractivity contribution in [3.05, 3.63) is 29.8 Å². The fraction of sp³-hybridized carbons (Fsp3) is 0.600. The number of halogens is 3. The van der Waals surface area contributed by atoms with Crippen LogP contribution in [0.5, 0.6) is 5.75 Å². The molecule has 0 saturated heterocycles. The van der Waals surface area contributed by atoms with Crippen molar-refractivity contribution >= 4 is 0 Å². The molecule has 0 radical (unpaired) electrons. The molecule has 1 unspecified atom stereocenters. The lowest BCUT2D eigenvalue weighted by Crippen LogP contribution is -2.47. The molecule has 1 N–H and O–H groups in total. The molecule has 110 valence electrons. The molecule has 0 amide bonds. The van der Waals surface area contributed by atoms with Crippen LogP contribution >= 0.6 is 0 Å². The minimum atomic E-state index is -4.16. The van der Waals surface area contributed by atoms with Gasteiger partial charge in [0.1, 0.15) is 11.3 Å². The summed E-state index contributed by atoms with van der Waals surface area (Å²) >= 11 is 0. The summed E-state index contributed by atoms with van der Waals surface area (Å²) in [4.78, 5) is 0. The van der Waals surface area contributed by atoms with Gasteiger partial charge in [0.15, 0.2) is 0 Å². The quantitative estimate of drug-likeness (QED) is 0.887. The summed E-state index contributed by atoms with van der Waals surface area (Å²) in [5.41, 5.74) is -0.732. The van der Waals surface area contributed by atoms with E-state index in [-0.39, 0.29) is 18.9 Å². The summed E-state index contributed by atoms with van der Waals surface area (Å²) in [5, 5.41) is 2.89. The van der Waals surface area contributed by atoms with Crippen molar-refractivity contribution in [2.24, 2.45) is 5.92 Å². The van der Waals surface area contributed by atoms with E-state index in [9.17, 15) is 13.2 Å². The molecule has 1 aromatic carbocycles. The Bertz CT molecular complexity index is 475. The van der Waals surface area contributed by atoms with Gasteiger partial charge in [-0.2, -0.15) is 13.2 Å². The summed E-state index contributed by atoms with van der Waals surface area (Å²) in [5.74, 6) is 1.04. The van der Waals surface area contributed by atoms with Gasteiger partial charge < -0.3 is 4.74 Å². The van der Waals surface area contributed by atoms with Crippen molar-refractivity contribution in [1.29, 1.82) is 0 Å². The molecule has 5 heteroatoms. The van der Waals surface area contributed by atoms with E-state index in [1.165, 1.54) is 0 Å². The van der Waals surface area contributed by atoms with Crippen LogP contribution in [-0.2, 0) is 0 Å². The third-order valence-corrected chi connectivity index (χ3v) is 4.29. The van der Waals surface area contributed by atoms with Crippen LogP contribution in [0.15, 0.2) is 24.3 Å². The summed E-state index contributed by atoms with van der Waals surface area (Å²) in [6.45, 7) is 0. The van der Waals surface area contributed by atoms with E-state index in [1.807, 2.05) is 12.1 Å². The normalized spacial score (nSPS) is 22.4. The molecule has 0 aromatic heterocycles. The van der Waals surface area contributed by atoms with Crippen molar-refractivity contribution in [2.75, 3.05) is 7.11 Å². The molecule has 3 rings (SSSR count). The van der Waals surface area contributed by atoms with Crippen molar-refractivity contribution in [1.82, 2.24) is 5.32 Å². The number of nitrogens with one attached hydrogen (secondary N) is 1. The third kappa shape index (κ3) is 2.51. The molecule has 1 aromatic rings. The number of alkyl halides is 3. The Morgan fingerprint density at radius 2 is 1.80 bits per heavy atom. The fourth-order valence-electron chi connectivity index (χ4n) is 2.65. The Balaban J connectivity index is 1.79. The Morgan fingerprint density at radius 3 is 2.20 bits per heavy atom. The first-order valence-electron chi connectivity index (χ1n) is 6.93. The largest absolute Gasteiger partial charge is 0.497 e. The second-order valence-electron chi connectivity index (χ2n) is 5.81. The summed E-state index contributed by atoms with van der Waals surface area (Å²) in [7, 11) is 1.58. The van der Waals surface area contributed by atoms with Gasteiger partial charge in [-0.25, -0.2) is 0 Å². The van der Waals surface area contributed by atoms with Crippen LogP contribution in [0.1, 0.15) is 37.3 Å². The lowest BCUT2D eigenvalue weighted by molar-refractivity contribution is -0.168. The van der Waals surface area contributed by atoms with Crippen molar-refractivity contribution in [3.63, 3.8) is 0 Å². The highest BCUT2D eigenvalue weighted by atomic mass is 19.4. The minimum absolute atomic E-state index is 0.190. The number of benzene rings is 1.